The van der Waals surface area contributed by atoms with Crippen LogP contribution >= 0.6 is 0 Å². The van der Waals surface area contributed by atoms with E-state index in [1.165, 1.54) is 6.08 Å². The maximum absolute atomic E-state index is 10.8. The Bertz CT molecular complexity index is 203. The molecule has 0 fully saturated rings. The molecule has 0 aliphatic carbocycles. The van der Waals surface area contributed by atoms with E-state index in [1.807, 2.05) is 6.92 Å². The van der Waals surface area contributed by atoms with Crippen LogP contribution in [0, 0.1) is 0 Å². The number of aliphatic hydroxyl groups is 1. The molecule has 1 unspecified atom stereocenters. The van der Waals surface area contributed by atoms with Gasteiger partial charge >= 0.3 is 5.97 Å². The first-order valence-electron chi connectivity index (χ1n) is 4.37. The molecule has 0 amide bonds. The Morgan fingerprint density at radius 2 is 2.15 bits per heavy atom. The highest BCUT2D eigenvalue weighted by Gasteiger charge is 2.37. The molecule has 0 rings (SSSR count). The van der Waals surface area contributed by atoms with Crippen LogP contribution in [0.4, 0.5) is 0 Å². The van der Waals surface area contributed by atoms with Crippen molar-refractivity contribution in [2.45, 2.75) is 38.3 Å². The standard InChI is InChI=1S/C9H17NO3/c1-3-5-6-9(10,8(12)13)7(11)4-2/h5-7,11H,3-4,10H2,1-2H3,(H,12,13)/b6-5+/t7?,9-/m0/s1. The van der Waals surface area contributed by atoms with Crippen molar-refractivity contribution in [2.24, 2.45) is 5.73 Å². The minimum atomic E-state index is -1.65. The highest BCUT2D eigenvalue weighted by molar-refractivity contribution is 5.82. The first-order valence-corrected chi connectivity index (χ1v) is 4.37. The summed E-state index contributed by atoms with van der Waals surface area (Å²) in [6.45, 7) is 3.56. The third-order valence-electron chi connectivity index (χ3n) is 1.94. The second kappa shape index (κ2) is 4.99. The Hall–Kier alpha value is -0.870. The summed E-state index contributed by atoms with van der Waals surface area (Å²) in [5.74, 6) is -1.20. The molecule has 0 heterocycles. The number of aliphatic hydroxyl groups excluding tert-OH is 1. The zero-order valence-corrected chi connectivity index (χ0v) is 8.03. The highest BCUT2D eigenvalue weighted by atomic mass is 16.4. The zero-order valence-electron chi connectivity index (χ0n) is 8.03. The number of carboxylic acids is 1. The van der Waals surface area contributed by atoms with E-state index in [0.717, 1.165) is 0 Å². The molecule has 2 atom stereocenters. The highest BCUT2D eigenvalue weighted by Crippen LogP contribution is 2.13. The van der Waals surface area contributed by atoms with Gasteiger partial charge in [0.25, 0.3) is 0 Å². The van der Waals surface area contributed by atoms with E-state index >= 15 is 0 Å². The van der Waals surface area contributed by atoms with Gasteiger partial charge in [-0.1, -0.05) is 26.0 Å². The van der Waals surface area contributed by atoms with E-state index in [4.69, 9.17) is 10.8 Å². The summed E-state index contributed by atoms with van der Waals surface area (Å²) >= 11 is 0. The Kier molecular flexibility index (Phi) is 4.66. The van der Waals surface area contributed by atoms with Crippen LogP contribution in [0.3, 0.4) is 0 Å². The molecule has 0 saturated carbocycles. The molecule has 0 aliphatic rings. The fourth-order valence-electron chi connectivity index (χ4n) is 0.976. The number of hydrogen-bond donors (Lipinski definition) is 3. The maximum atomic E-state index is 10.8. The van der Waals surface area contributed by atoms with Crippen molar-refractivity contribution in [3.8, 4) is 0 Å². The molecular formula is C9H17NO3. The normalized spacial score (nSPS) is 18.5. The van der Waals surface area contributed by atoms with Crippen molar-refractivity contribution in [2.75, 3.05) is 0 Å². The third kappa shape index (κ3) is 2.82. The van der Waals surface area contributed by atoms with Crippen LogP contribution in [-0.2, 0) is 4.79 Å². The van der Waals surface area contributed by atoms with Crippen LogP contribution < -0.4 is 5.73 Å². The molecule has 4 heteroatoms. The predicted octanol–water partition coefficient (Wildman–Crippen LogP) is 0.506. The van der Waals surface area contributed by atoms with Gasteiger partial charge in [-0.25, -0.2) is 4.79 Å². The Morgan fingerprint density at radius 3 is 2.46 bits per heavy atom. The van der Waals surface area contributed by atoms with Crippen molar-refractivity contribution in [3.05, 3.63) is 12.2 Å². The molecule has 0 bridgehead atoms. The van der Waals surface area contributed by atoms with Gasteiger partial charge in [-0.05, 0) is 12.8 Å². The lowest BCUT2D eigenvalue weighted by Crippen LogP contribution is -2.55. The van der Waals surface area contributed by atoms with Crippen molar-refractivity contribution in [1.29, 1.82) is 0 Å². The molecule has 0 radical (unpaired) electrons. The number of carboxylic acid groups (broad SMARTS) is 1. The number of rotatable bonds is 5. The van der Waals surface area contributed by atoms with E-state index in [0.29, 0.717) is 12.8 Å². The second-order valence-corrected chi connectivity index (χ2v) is 2.97. The van der Waals surface area contributed by atoms with Crippen LogP contribution in [0.25, 0.3) is 0 Å². The predicted molar refractivity (Wildman–Crippen MR) is 50.3 cm³/mol. The number of aliphatic carboxylic acids is 1. The number of allylic oxidation sites excluding steroid dienone is 1. The van der Waals surface area contributed by atoms with Gasteiger partial charge in [-0.2, -0.15) is 0 Å². The number of nitrogens with two attached hydrogens (primary N) is 1. The Labute approximate surface area is 78.1 Å². The molecule has 0 saturated heterocycles. The minimum Gasteiger partial charge on any atom is -0.480 e. The van der Waals surface area contributed by atoms with Crippen LogP contribution in [0.15, 0.2) is 12.2 Å². The van der Waals surface area contributed by atoms with Gasteiger partial charge in [0.2, 0.25) is 0 Å². The molecule has 0 aromatic rings. The van der Waals surface area contributed by atoms with Crippen molar-refractivity contribution < 1.29 is 15.0 Å². The maximum Gasteiger partial charge on any atom is 0.330 e. The van der Waals surface area contributed by atoms with Gasteiger partial charge in [0, 0.05) is 0 Å². The quantitative estimate of drug-likeness (QED) is 0.547. The van der Waals surface area contributed by atoms with Gasteiger partial charge < -0.3 is 15.9 Å². The average molecular weight is 187 g/mol. The van der Waals surface area contributed by atoms with Crippen molar-refractivity contribution >= 4 is 5.97 Å². The molecule has 0 spiro atoms. The van der Waals surface area contributed by atoms with E-state index < -0.39 is 17.6 Å². The molecule has 4 N–H and O–H groups in total. The topological polar surface area (TPSA) is 83.6 Å². The lowest BCUT2D eigenvalue weighted by molar-refractivity contribution is -0.145. The van der Waals surface area contributed by atoms with Crippen molar-refractivity contribution in [1.82, 2.24) is 0 Å². The molecule has 4 nitrogen and oxygen atoms in total. The monoisotopic (exact) mass is 187 g/mol. The fraction of sp³-hybridized carbons (Fsp3) is 0.667. The summed E-state index contributed by atoms with van der Waals surface area (Å²) in [5, 5.41) is 18.2. The summed E-state index contributed by atoms with van der Waals surface area (Å²) in [6, 6.07) is 0. The zero-order chi connectivity index (χ0) is 10.5. The number of carbonyl (C=O) groups is 1. The molecule has 0 aromatic heterocycles. The van der Waals surface area contributed by atoms with E-state index in [2.05, 4.69) is 0 Å². The first kappa shape index (κ1) is 12.1. The van der Waals surface area contributed by atoms with Gasteiger partial charge in [0.15, 0.2) is 5.54 Å². The number of hydrogen-bond acceptors (Lipinski definition) is 3. The van der Waals surface area contributed by atoms with E-state index in [-0.39, 0.29) is 0 Å². The van der Waals surface area contributed by atoms with E-state index in [1.54, 1.807) is 13.0 Å². The SMILES string of the molecule is CC/C=C/[C@@](N)(C(=O)O)C(O)CC. The second-order valence-electron chi connectivity index (χ2n) is 2.97. The summed E-state index contributed by atoms with van der Waals surface area (Å²) in [7, 11) is 0. The summed E-state index contributed by atoms with van der Waals surface area (Å²) in [4.78, 5) is 10.8. The van der Waals surface area contributed by atoms with E-state index in [9.17, 15) is 9.90 Å². The van der Waals surface area contributed by atoms with Gasteiger partial charge in [0.1, 0.15) is 0 Å². The smallest absolute Gasteiger partial charge is 0.330 e. The summed E-state index contributed by atoms with van der Waals surface area (Å²) in [5.41, 5.74) is 3.90. The average Bonchev–Trinajstić information content (AvgIpc) is 2.12. The lowest BCUT2D eigenvalue weighted by Gasteiger charge is -2.25. The summed E-state index contributed by atoms with van der Waals surface area (Å²) in [6.07, 6.45) is 2.96. The molecule has 0 aliphatic heterocycles. The van der Waals surface area contributed by atoms with Gasteiger partial charge in [-0.15, -0.1) is 0 Å². The first-order chi connectivity index (χ1) is 5.99. The Balaban J connectivity index is 4.72. The largest absolute Gasteiger partial charge is 0.480 e. The van der Waals surface area contributed by atoms with Crippen LogP contribution in [0.2, 0.25) is 0 Å². The Morgan fingerprint density at radius 1 is 1.62 bits per heavy atom. The van der Waals surface area contributed by atoms with Crippen molar-refractivity contribution in [3.63, 3.8) is 0 Å². The van der Waals surface area contributed by atoms with Gasteiger partial charge in [-0.3, -0.25) is 0 Å². The van der Waals surface area contributed by atoms with Crippen LogP contribution in [0.1, 0.15) is 26.7 Å². The van der Waals surface area contributed by atoms with Crippen LogP contribution in [-0.4, -0.2) is 27.8 Å². The molecule has 76 valence electrons. The molecular weight excluding hydrogens is 170 g/mol. The third-order valence-corrected chi connectivity index (χ3v) is 1.94. The lowest BCUT2D eigenvalue weighted by atomic mass is 9.91. The minimum absolute atomic E-state index is 0.316. The fourth-order valence-corrected chi connectivity index (χ4v) is 0.976. The van der Waals surface area contributed by atoms with Gasteiger partial charge in [0.05, 0.1) is 6.10 Å². The van der Waals surface area contributed by atoms with Crippen LogP contribution in [0.5, 0.6) is 0 Å². The summed E-state index contributed by atoms with van der Waals surface area (Å²) < 4.78 is 0. The molecule has 13 heavy (non-hydrogen) atoms. The molecule has 0 aromatic carbocycles.